The molecule has 2 aliphatic rings. The van der Waals surface area contributed by atoms with Gasteiger partial charge in [-0.1, -0.05) is 0 Å². The van der Waals surface area contributed by atoms with Crippen molar-refractivity contribution < 1.29 is 4.79 Å². The molecule has 1 aromatic heterocycles. The molecule has 0 N–H and O–H groups in total. The van der Waals surface area contributed by atoms with E-state index < -0.39 is 0 Å². The normalized spacial score (nSPS) is 26.6. The van der Waals surface area contributed by atoms with Crippen LogP contribution in [0, 0.1) is 0 Å². The first-order valence-corrected chi connectivity index (χ1v) is 9.22. The Kier molecular flexibility index (Phi) is 4.85. The van der Waals surface area contributed by atoms with E-state index in [4.69, 9.17) is 0 Å². The van der Waals surface area contributed by atoms with E-state index in [1.165, 1.54) is 37.8 Å². The number of rotatable bonds is 4. The van der Waals surface area contributed by atoms with Crippen molar-refractivity contribution in [1.82, 2.24) is 14.7 Å². The second kappa shape index (κ2) is 6.69. The molecular weight excluding hydrogens is 294 g/mol. The molecule has 0 saturated carbocycles. The Hall–Kier alpha value is -0.910. The molecule has 0 bridgehead atoms. The van der Waals surface area contributed by atoms with E-state index in [1.54, 1.807) is 16.2 Å². The highest BCUT2D eigenvalue weighted by atomic mass is 32.1. The molecule has 3 rings (SSSR count). The number of piperidine rings is 1. The van der Waals surface area contributed by atoms with E-state index in [2.05, 4.69) is 26.6 Å². The number of hydrogen-bond donors (Lipinski definition) is 0. The average molecular weight is 321 g/mol. The Morgan fingerprint density at radius 2 is 2.09 bits per heavy atom. The third-order valence-corrected chi connectivity index (χ3v) is 5.92. The minimum absolute atomic E-state index is 0.233. The fourth-order valence-corrected chi connectivity index (χ4v) is 4.65. The second-order valence-corrected chi connectivity index (χ2v) is 7.76. The summed E-state index contributed by atoms with van der Waals surface area (Å²) >= 11 is 1.78. The third-order valence-electron chi connectivity index (χ3n) is 5.19. The van der Waals surface area contributed by atoms with Gasteiger partial charge in [0.05, 0.1) is 6.54 Å². The van der Waals surface area contributed by atoms with Gasteiger partial charge in [0.1, 0.15) is 0 Å². The van der Waals surface area contributed by atoms with Crippen LogP contribution in [-0.4, -0.2) is 66.4 Å². The summed E-state index contributed by atoms with van der Waals surface area (Å²) in [7, 11) is 3.71. The van der Waals surface area contributed by atoms with Gasteiger partial charge in [-0.3, -0.25) is 14.6 Å². The predicted molar refractivity (Wildman–Crippen MR) is 91.1 cm³/mol. The lowest BCUT2D eigenvalue weighted by molar-refractivity contribution is -0.131. The minimum Gasteiger partial charge on any atom is -0.348 e. The van der Waals surface area contributed by atoms with Gasteiger partial charge in [-0.25, -0.2) is 0 Å². The Balaban J connectivity index is 1.66. The van der Waals surface area contributed by atoms with E-state index in [1.807, 2.05) is 14.1 Å². The topological polar surface area (TPSA) is 26.8 Å². The van der Waals surface area contributed by atoms with Crippen LogP contribution in [-0.2, 0) is 11.3 Å². The predicted octanol–water partition coefficient (Wildman–Crippen LogP) is 2.27. The molecule has 5 heteroatoms. The highest BCUT2D eigenvalue weighted by Gasteiger charge is 2.44. The van der Waals surface area contributed by atoms with Crippen LogP contribution in [0.25, 0.3) is 0 Å². The molecule has 2 fully saturated rings. The number of carbonyl (C=O) groups is 1. The number of thiophene rings is 1. The molecule has 1 atom stereocenters. The Morgan fingerprint density at radius 3 is 2.77 bits per heavy atom. The van der Waals surface area contributed by atoms with Gasteiger partial charge in [-0.15, -0.1) is 0 Å². The Bertz CT molecular complexity index is 502. The molecule has 0 aliphatic carbocycles. The molecular formula is C17H27N3OS. The zero-order valence-corrected chi connectivity index (χ0v) is 14.6. The van der Waals surface area contributed by atoms with Crippen LogP contribution in [0.1, 0.15) is 31.2 Å². The molecule has 1 spiro atoms. The van der Waals surface area contributed by atoms with Gasteiger partial charge < -0.3 is 4.90 Å². The summed E-state index contributed by atoms with van der Waals surface area (Å²) in [6.45, 7) is 5.02. The van der Waals surface area contributed by atoms with Gasteiger partial charge in [0.25, 0.3) is 0 Å². The lowest BCUT2D eigenvalue weighted by Crippen LogP contribution is -2.57. The van der Waals surface area contributed by atoms with Gasteiger partial charge in [-0.2, -0.15) is 11.3 Å². The van der Waals surface area contributed by atoms with Crippen molar-refractivity contribution in [3.63, 3.8) is 0 Å². The second-order valence-electron chi connectivity index (χ2n) is 6.98. The number of amides is 1. The molecule has 1 amide bonds. The standard InChI is InChI=1S/C17H27N3OS/c1-18(2)16(21)12-20-9-4-7-17(20)6-3-8-19(14-17)11-15-5-10-22-13-15/h5,10,13H,3-4,6-9,11-12,14H2,1-2H3/t17-/m0/s1. The summed E-state index contributed by atoms with van der Waals surface area (Å²) in [5, 5.41) is 4.41. The molecule has 1 aromatic rings. The molecule has 0 aromatic carbocycles. The summed E-state index contributed by atoms with van der Waals surface area (Å²) in [6, 6.07) is 2.23. The first kappa shape index (κ1) is 16.0. The van der Waals surface area contributed by atoms with Crippen LogP contribution in [0.4, 0.5) is 0 Å². The zero-order chi connectivity index (χ0) is 15.6. The average Bonchev–Trinajstić information content (AvgIpc) is 3.11. The van der Waals surface area contributed by atoms with Gasteiger partial charge in [0, 0.05) is 32.7 Å². The van der Waals surface area contributed by atoms with Gasteiger partial charge in [0.15, 0.2) is 0 Å². The highest BCUT2D eigenvalue weighted by Crippen LogP contribution is 2.37. The molecule has 2 saturated heterocycles. The van der Waals surface area contributed by atoms with E-state index >= 15 is 0 Å². The summed E-state index contributed by atoms with van der Waals surface area (Å²) in [6.07, 6.45) is 4.96. The smallest absolute Gasteiger partial charge is 0.236 e. The van der Waals surface area contributed by atoms with Crippen molar-refractivity contribution in [2.45, 2.75) is 37.8 Å². The van der Waals surface area contributed by atoms with E-state index in [9.17, 15) is 4.79 Å². The van der Waals surface area contributed by atoms with Crippen LogP contribution in [0.15, 0.2) is 16.8 Å². The summed E-state index contributed by atoms with van der Waals surface area (Å²) in [4.78, 5) is 18.9. The number of likely N-dealkylation sites (tertiary alicyclic amines) is 2. The van der Waals surface area contributed by atoms with Crippen molar-refractivity contribution in [2.24, 2.45) is 0 Å². The largest absolute Gasteiger partial charge is 0.348 e. The monoisotopic (exact) mass is 321 g/mol. The quantitative estimate of drug-likeness (QED) is 0.851. The molecule has 2 aliphatic heterocycles. The first-order valence-electron chi connectivity index (χ1n) is 8.28. The maximum absolute atomic E-state index is 12.1. The van der Waals surface area contributed by atoms with Gasteiger partial charge >= 0.3 is 0 Å². The zero-order valence-electron chi connectivity index (χ0n) is 13.8. The number of nitrogens with zero attached hydrogens (tertiary/aromatic N) is 3. The molecule has 0 radical (unpaired) electrons. The SMILES string of the molecule is CN(C)C(=O)CN1CCC[C@]12CCCN(Cc1ccsc1)C2. The number of hydrogen-bond acceptors (Lipinski definition) is 4. The van der Waals surface area contributed by atoms with Crippen LogP contribution in [0.2, 0.25) is 0 Å². The fraction of sp³-hybridized carbons (Fsp3) is 0.706. The van der Waals surface area contributed by atoms with E-state index in [0.29, 0.717) is 6.54 Å². The molecule has 122 valence electrons. The van der Waals surface area contributed by atoms with E-state index in [0.717, 1.165) is 19.6 Å². The van der Waals surface area contributed by atoms with Crippen LogP contribution in [0.3, 0.4) is 0 Å². The maximum Gasteiger partial charge on any atom is 0.236 e. The molecule has 4 nitrogen and oxygen atoms in total. The Labute approximate surface area is 137 Å². The molecule has 0 unspecified atom stereocenters. The lowest BCUT2D eigenvalue weighted by atomic mass is 9.86. The third kappa shape index (κ3) is 3.36. The van der Waals surface area contributed by atoms with Crippen LogP contribution in [0.5, 0.6) is 0 Å². The Morgan fingerprint density at radius 1 is 1.32 bits per heavy atom. The highest BCUT2D eigenvalue weighted by molar-refractivity contribution is 7.07. The lowest BCUT2D eigenvalue weighted by Gasteiger charge is -2.46. The van der Waals surface area contributed by atoms with Crippen molar-refractivity contribution in [3.05, 3.63) is 22.4 Å². The summed E-state index contributed by atoms with van der Waals surface area (Å²) < 4.78 is 0. The summed E-state index contributed by atoms with van der Waals surface area (Å²) in [5.74, 6) is 0.233. The van der Waals surface area contributed by atoms with Crippen molar-refractivity contribution in [2.75, 3.05) is 40.3 Å². The first-order chi connectivity index (χ1) is 10.6. The summed E-state index contributed by atoms with van der Waals surface area (Å²) in [5.41, 5.74) is 1.66. The van der Waals surface area contributed by atoms with Gasteiger partial charge in [-0.05, 0) is 61.2 Å². The van der Waals surface area contributed by atoms with Crippen LogP contribution >= 0.6 is 11.3 Å². The molecule has 22 heavy (non-hydrogen) atoms. The molecule has 3 heterocycles. The minimum atomic E-state index is 0.233. The van der Waals surface area contributed by atoms with Crippen molar-refractivity contribution >= 4 is 17.2 Å². The van der Waals surface area contributed by atoms with Gasteiger partial charge in [0.2, 0.25) is 5.91 Å². The van der Waals surface area contributed by atoms with E-state index in [-0.39, 0.29) is 11.4 Å². The number of likely N-dealkylation sites (N-methyl/N-ethyl adjacent to an activating group) is 1. The van der Waals surface area contributed by atoms with Crippen molar-refractivity contribution in [1.29, 1.82) is 0 Å². The fourth-order valence-electron chi connectivity index (χ4n) is 3.99. The maximum atomic E-state index is 12.1. The van der Waals surface area contributed by atoms with Crippen LogP contribution < -0.4 is 0 Å². The number of carbonyl (C=O) groups excluding carboxylic acids is 1. The van der Waals surface area contributed by atoms with Crippen molar-refractivity contribution in [3.8, 4) is 0 Å².